The molecule has 1 aliphatic heterocycles. The van der Waals surface area contributed by atoms with E-state index in [1.807, 2.05) is 58.0 Å². The fraction of sp³-hybridized carbons (Fsp3) is 0.389. The second kappa shape index (κ2) is 6.39. The Morgan fingerprint density at radius 2 is 1.62 bits per heavy atom. The number of hydrogen-bond acceptors (Lipinski definition) is 4. The number of pyridine rings is 1. The van der Waals surface area contributed by atoms with Crippen molar-refractivity contribution in [3.63, 3.8) is 0 Å². The molecule has 6 heteroatoms. The lowest BCUT2D eigenvalue weighted by Crippen LogP contribution is -2.41. The largest absolute Gasteiger partial charge is 0.494 e. The van der Waals surface area contributed by atoms with Gasteiger partial charge in [0.15, 0.2) is 0 Å². The average Bonchev–Trinajstić information content (AvgIpc) is 2.75. The lowest BCUT2D eigenvalue weighted by atomic mass is 9.79. The molecule has 1 fully saturated rings. The molecule has 2 heterocycles. The molecule has 24 heavy (non-hydrogen) atoms. The first-order valence-corrected chi connectivity index (χ1v) is 8.33. The highest BCUT2D eigenvalue weighted by atomic mass is 35.5. The molecule has 0 bridgehead atoms. The van der Waals surface area contributed by atoms with Gasteiger partial charge in [0.05, 0.1) is 11.2 Å². The van der Waals surface area contributed by atoms with E-state index in [0.717, 1.165) is 16.8 Å². The van der Waals surface area contributed by atoms with Gasteiger partial charge in [-0.2, -0.15) is 0 Å². The van der Waals surface area contributed by atoms with Gasteiger partial charge >= 0.3 is 7.12 Å². The second-order valence-electron chi connectivity index (χ2n) is 6.94. The van der Waals surface area contributed by atoms with Crippen LogP contribution in [0.3, 0.4) is 0 Å². The van der Waals surface area contributed by atoms with Gasteiger partial charge in [-0.1, -0.05) is 29.8 Å². The van der Waals surface area contributed by atoms with Crippen LogP contribution in [0.15, 0.2) is 42.6 Å². The predicted octanol–water partition coefficient (Wildman–Crippen LogP) is 3.61. The van der Waals surface area contributed by atoms with Crippen LogP contribution in [0.2, 0.25) is 5.15 Å². The van der Waals surface area contributed by atoms with Crippen LogP contribution in [0.25, 0.3) is 0 Å². The summed E-state index contributed by atoms with van der Waals surface area (Å²) in [5.74, 6) is 0.783. The number of hydrogen-bond donors (Lipinski definition) is 0. The molecular formula is C18H21BClNO3. The number of halogens is 1. The summed E-state index contributed by atoms with van der Waals surface area (Å²) in [4.78, 5) is 4.04. The summed E-state index contributed by atoms with van der Waals surface area (Å²) < 4.78 is 17.9. The molecule has 1 aliphatic rings. The monoisotopic (exact) mass is 345 g/mol. The molecular weight excluding hydrogens is 324 g/mol. The molecule has 1 saturated heterocycles. The Morgan fingerprint density at radius 3 is 2.17 bits per heavy atom. The van der Waals surface area contributed by atoms with Crippen LogP contribution in [0.4, 0.5) is 0 Å². The van der Waals surface area contributed by atoms with E-state index >= 15 is 0 Å². The SMILES string of the molecule is CC1(C)OB(c2ccc(OCc3ccc(Cl)nc3)cc2)OC1(C)C. The van der Waals surface area contributed by atoms with Crippen molar-refractivity contribution in [2.45, 2.75) is 45.5 Å². The van der Waals surface area contributed by atoms with E-state index in [9.17, 15) is 0 Å². The zero-order valence-corrected chi connectivity index (χ0v) is 15.1. The maximum Gasteiger partial charge on any atom is 0.494 e. The van der Waals surface area contributed by atoms with Gasteiger partial charge in [0.1, 0.15) is 17.5 Å². The first-order valence-electron chi connectivity index (χ1n) is 7.96. The molecule has 4 nitrogen and oxygen atoms in total. The zero-order valence-electron chi connectivity index (χ0n) is 14.4. The molecule has 1 aromatic heterocycles. The van der Waals surface area contributed by atoms with Gasteiger partial charge in [0, 0.05) is 11.8 Å². The van der Waals surface area contributed by atoms with Crippen LogP contribution in [-0.4, -0.2) is 23.3 Å². The molecule has 126 valence electrons. The van der Waals surface area contributed by atoms with E-state index in [-0.39, 0.29) is 18.3 Å². The standard InChI is InChI=1S/C18H21BClNO3/c1-17(2)18(3,4)24-19(23-17)14-6-8-15(9-7-14)22-12-13-5-10-16(20)21-11-13/h5-11H,12H2,1-4H3. The lowest BCUT2D eigenvalue weighted by molar-refractivity contribution is 0.00578. The third kappa shape index (κ3) is 3.58. The zero-order chi connectivity index (χ0) is 17.4. The van der Waals surface area contributed by atoms with E-state index in [0.29, 0.717) is 11.8 Å². The van der Waals surface area contributed by atoms with E-state index in [1.54, 1.807) is 12.3 Å². The second-order valence-corrected chi connectivity index (χ2v) is 7.32. The summed E-state index contributed by atoms with van der Waals surface area (Å²) in [6.07, 6.45) is 1.71. The third-order valence-corrected chi connectivity index (χ3v) is 4.82. The molecule has 2 aromatic rings. The van der Waals surface area contributed by atoms with Crippen LogP contribution >= 0.6 is 11.6 Å². The molecule has 3 rings (SSSR count). The third-order valence-electron chi connectivity index (χ3n) is 4.60. The minimum absolute atomic E-state index is 0.339. The summed E-state index contributed by atoms with van der Waals surface area (Å²) in [6, 6.07) is 11.4. The molecule has 0 aliphatic carbocycles. The van der Waals surface area contributed by atoms with Gasteiger partial charge in [-0.3, -0.25) is 0 Å². The normalized spacial score (nSPS) is 18.6. The number of rotatable bonds is 4. The molecule has 0 atom stereocenters. The Kier molecular flexibility index (Phi) is 4.60. The Hall–Kier alpha value is -1.56. The van der Waals surface area contributed by atoms with Crippen LogP contribution in [0, 0.1) is 0 Å². The first kappa shape index (κ1) is 17.3. The average molecular weight is 346 g/mol. The quantitative estimate of drug-likeness (QED) is 0.627. The summed E-state index contributed by atoms with van der Waals surface area (Å²) in [5.41, 5.74) is 1.27. The van der Waals surface area contributed by atoms with Gasteiger partial charge in [-0.15, -0.1) is 0 Å². The summed E-state index contributed by atoms with van der Waals surface area (Å²) in [6.45, 7) is 8.63. The maximum absolute atomic E-state index is 6.05. The molecule has 1 aromatic carbocycles. The fourth-order valence-corrected chi connectivity index (χ4v) is 2.47. The van der Waals surface area contributed by atoms with Crippen molar-refractivity contribution in [1.29, 1.82) is 0 Å². The van der Waals surface area contributed by atoms with Gasteiger partial charge in [0.25, 0.3) is 0 Å². The number of nitrogens with zero attached hydrogens (tertiary/aromatic N) is 1. The molecule has 0 amide bonds. The van der Waals surface area contributed by atoms with Crippen LogP contribution in [0.1, 0.15) is 33.3 Å². The van der Waals surface area contributed by atoms with Gasteiger partial charge in [-0.25, -0.2) is 4.98 Å². The Morgan fingerprint density at radius 1 is 1.00 bits per heavy atom. The van der Waals surface area contributed by atoms with Crippen molar-refractivity contribution in [2.75, 3.05) is 0 Å². The Labute approximate surface area is 148 Å². The predicted molar refractivity (Wildman–Crippen MR) is 95.7 cm³/mol. The molecule has 0 spiro atoms. The van der Waals surface area contributed by atoms with Gasteiger partial charge in [-0.05, 0) is 51.4 Å². The van der Waals surface area contributed by atoms with Crippen molar-refractivity contribution < 1.29 is 14.0 Å². The highest BCUT2D eigenvalue weighted by Gasteiger charge is 2.51. The smallest absolute Gasteiger partial charge is 0.489 e. The topological polar surface area (TPSA) is 40.6 Å². The van der Waals surface area contributed by atoms with Gasteiger partial charge < -0.3 is 14.0 Å². The summed E-state index contributed by atoms with van der Waals surface area (Å²) >= 11 is 5.77. The van der Waals surface area contributed by atoms with E-state index in [4.69, 9.17) is 25.6 Å². The van der Waals surface area contributed by atoms with Crippen molar-refractivity contribution in [1.82, 2.24) is 4.98 Å². The van der Waals surface area contributed by atoms with E-state index < -0.39 is 0 Å². The lowest BCUT2D eigenvalue weighted by Gasteiger charge is -2.32. The van der Waals surface area contributed by atoms with Crippen molar-refractivity contribution in [3.05, 3.63) is 53.3 Å². The molecule has 0 saturated carbocycles. The molecule has 0 N–H and O–H groups in total. The molecule has 0 radical (unpaired) electrons. The first-order chi connectivity index (χ1) is 11.3. The van der Waals surface area contributed by atoms with Crippen LogP contribution in [0.5, 0.6) is 5.75 Å². The van der Waals surface area contributed by atoms with E-state index in [2.05, 4.69) is 4.98 Å². The van der Waals surface area contributed by atoms with Crippen LogP contribution < -0.4 is 10.2 Å². The fourth-order valence-electron chi connectivity index (χ4n) is 2.36. The number of aromatic nitrogens is 1. The number of benzene rings is 1. The van der Waals surface area contributed by atoms with Crippen molar-refractivity contribution in [3.8, 4) is 5.75 Å². The molecule has 0 unspecified atom stereocenters. The minimum Gasteiger partial charge on any atom is -0.489 e. The Balaban J connectivity index is 1.63. The number of ether oxygens (including phenoxy) is 1. The maximum atomic E-state index is 6.05. The highest BCUT2D eigenvalue weighted by Crippen LogP contribution is 2.36. The van der Waals surface area contributed by atoms with E-state index in [1.165, 1.54) is 0 Å². The Bertz CT molecular complexity index is 685. The van der Waals surface area contributed by atoms with Crippen molar-refractivity contribution in [2.24, 2.45) is 0 Å². The summed E-state index contributed by atoms with van der Waals surface area (Å²) in [7, 11) is -0.357. The van der Waals surface area contributed by atoms with Gasteiger partial charge in [0.2, 0.25) is 0 Å². The summed E-state index contributed by atoms with van der Waals surface area (Å²) in [5, 5.41) is 0.477. The van der Waals surface area contributed by atoms with Crippen molar-refractivity contribution >= 4 is 24.2 Å². The minimum atomic E-state index is -0.357. The van der Waals surface area contributed by atoms with Crippen LogP contribution in [-0.2, 0) is 15.9 Å². The highest BCUT2D eigenvalue weighted by molar-refractivity contribution is 6.62.